The Labute approximate surface area is 233 Å². The number of hydrogen-bond acceptors (Lipinski definition) is 3. The van der Waals surface area contributed by atoms with E-state index in [2.05, 4.69) is 30.0 Å². The van der Waals surface area contributed by atoms with Gasteiger partial charge in [0.25, 0.3) is 0 Å². The third-order valence-electron chi connectivity index (χ3n) is 8.34. The lowest BCUT2D eigenvalue weighted by Gasteiger charge is -2.36. The molecule has 1 amide bonds. The Morgan fingerprint density at radius 3 is 2.28 bits per heavy atom. The number of hydrogen-bond donors (Lipinski definition) is 0. The molecule has 3 aromatic rings. The van der Waals surface area contributed by atoms with Gasteiger partial charge in [0.05, 0.1) is 4.90 Å². The molecule has 1 aliphatic carbocycles. The summed E-state index contributed by atoms with van der Waals surface area (Å²) in [6.45, 7) is 4.39. The van der Waals surface area contributed by atoms with Crippen LogP contribution in [0.1, 0.15) is 57.4 Å². The second-order valence-corrected chi connectivity index (χ2v) is 13.2. The van der Waals surface area contributed by atoms with E-state index in [1.807, 2.05) is 54.6 Å². The molecule has 1 saturated carbocycles. The predicted octanol–water partition coefficient (Wildman–Crippen LogP) is 6.75. The Balaban J connectivity index is 1.28. The first-order valence-corrected chi connectivity index (χ1v) is 15.8. The SMILES string of the molecule is C/C(=C\c1ccccc1)CN(CC1CCN(S(=O)(=O)c2cccc3ccccc23)CC1)C(=O)C1CCCCC1. The van der Waals surface area contributed by atoms with Gasteiger partial charge in [0.1, 0.15) is 0 Å². The van der Waals surface area contributed by atoms with Crippen LogP contribution >= 0.6 is 0 Å². The molecular formula is C33H40N2O3S. The van der Waals surface area contributed by atoms with E-state index >= 15 is 0 Å². The zero-order valence-electron chi connectivity index (χ0n) is 23.0. The van der Waals surface area contributed by atoms with Crippen molar-refractivity contribution in [3.8, 4) is 0 Å². The first-order valence-electron chi connectivity index (χ1n) is 14.4. The van der Waals surface area contributed by atoms with E-state index in [1.165, 1.54) is 12.0 Å². The summed E-state index contributed by atoms with van der Waals surface area (Å²) in [7, 11) is -3.58. The summed E-state index contributed by atoms with van der Waals surface area (Å²) in [5.74, 6) is 0.692. The number of piperidine rings is 1. The molecule has 2 aliphatic rings. The number of carbonyl (C=O) groups excluding carboxylic acids is 1. The number of sulfonamides is 1. The van der Waals surface area contributed by atoms with Crippen molar-refractivity contribution in [2.75, 3.05) is 26.2 Å². The van der Waals surface area contributed by atoms with Crippen LogP contribution in [0, 0.1) is 11.8 Å². The van der Waals surface area contributed by atoms with Crippen LogP contribution in [0.15, 0.2) is 83.3 Å². The van der Waals surface area contributed by atoms with E-state index in [0.717, 1.165) is 54.9 Å². The van der Waals surface area contributed by atoms with Gasteiger partial charge >= 0.3 is 0 Å². The Morgan fingerprint density at radius 2 is 1.54 bits per heavy atom. The largest absolute Gasteiger partial charge is 0.338 e. The third kappa shape index (κ3) is 6.62. The molecule has 0 unspecified atom stereocenters. The van der Waals surface area contributed by atoms with E-state index < -0.39 is 10.0 Å². The second kappa shape index (κ2) is 12.5. The van der Waals surface area contributed by atoms with E-state index in [9.17, 15) is 13.2 Å². The highest BCUT2D eigenvalue weighted by Gasteiger charge is 2.33. The summed E-state index contributed by atoms with van der Waals surface area (Å²) in [6.07, 6.45) is 9.15. The average Bonchev–Trinajstić information content (AvgIpc) is 2.97. The van der Waals surface area contributed by atoms with Gasteiger partial charge in [-0.15, -0.1) is 0 Å². The van der Waals surface area contributed by atoms with Gasteiger partial charge in [-0.25, -0.2) is 8.42 Å². The van der Waals surface area contributed by atoms with E-state index in [4.69, 9.17) is 0 Å². The van der Waals surface area contributed by atoms with Crippen molar-refractivity contribution in [2.24, 2.45) is 11.8 Å². The molecule has 1 aliphatic heterocycles. The molecule has 6 heteroatoms. The van der Waals surface area contributed by atoms with E-state index in [-0.39, 0.29) is 11.8 Å². The number of nitrogens with zero attached hydrogens (tertiary/aromatic N) is 2. The third-order valence-corrected chi connectivity index (χ3v) is 10.3. The van der Waals surface area contributed by atoms with E-state index in [0.29, 0.717) is 37.0 Å². The molecule has 0 radical (unpaired) electrons. The lowest BCUT2D eigenvalue weighted by Crippen LogP contribution is -2.45. The van der Waals surface area contributed by atoms with Crippen LogP contribution in [0.5, 0.6) is 0 Å². The van der Waals surface area contributed by atoms with Crippen LogP contribution < -0.4 is 0 Å². The first kappa shape index (κ1) is 27.6. The van der Waals surface area contributed by atoms with Crippen molar-refractivity contribution in [1.29, 1.82) is 0 Å². The van der Waals surface area contributed by atoms with Gasteiger partial charge in [0.15, 0.2) is 0 Å². The number of rotatable bonds is 8. The van der Waals surface area contributed by atoms with Crippen molar-refractivity contribution >= 4 is 32.8 Å². The lowest BCUT2D eigenvalue weighted by molar-refractivity contribution is -0.137. The van der Waals surface area contributed by atoms with Crippen LogP contribution in [-0.2, 0) is 14.8 Å². The molecule has 0 bridgehead atoms. The zero-order valence-corrected chi connectivity index (χ0v) is 23.8. The monoisotopic (exact) mass is 544 g/mol. The molecule has 0 spiro atoms. The lowest BCUT2D eigenvalue weighted by atomic mass is 9.87. The fourth-order valence-corrected chi connectivity index (χ4v) is 7.91. The van der Waals surface area contributed by atoms with Crippen molar-refractivity contribution < 1.29 is 13.2 Å². The normalized spacial score (nSPS) is 18.3. The Kier molecular flexibility index (Phi) is 8.83. The summed E-state index contributed by atoms with van der Waals surface area (Å²) >= 11 is 0. The summed E-state index contributed by atoms with van der Waals surface area (Å²) in [5, 5.41) is 1.70. The number of fused-ring (bicyclic) bond motifs is 1. The minimum absolute atomic E-state index is 0.120. The Hall–Kier alpha value is -2.96. The molecule has 0 N–H and O–H groups in total. The second-order valence-electron chi connectivity index (χ2n) is 11.3. The number of carbonyl (C=O) groups is 1. The average molecular weight is 545 g/mol. The van der Waals surface area contributed by atoms with Crippen LogP contribution in [0.2, 0.25) is 0 Å². The molecule has 39 heavy (non-hydrogen) atoms. The molecule has 2 fully saturated rings. The van der Waals surface area contributed by atoms with Crippen molar-refractivity contribution in [2.45, 2.75) is 56.8 Å². The van der Waals surface area contributed by atoms with Gasteiger partial charge in [0, 0.05) is 37.5 Å². The maximum absolute atomic E-state index is 13.7. The maximum Gasteiger partial charge on any atom is 0.243 e. The van der Waals surface area contributed by atoms with Crippen LogP contribution in [0.4, 0.5) is 0 Å². The topological polar surface area (TPSA) is 57.7 Å². The van der Waals surface area contributed by atoms with Gasteiger partial charge in [0.2, 0.25) is 15.9 Å². The molecule has 1 saturated heterocycles. The maximum atomic E-state index is 13.7. The molecule has 1 heterocycles. The Bertz CT molecular complexity index is 1400. The molecule has 0 atom stereocenters. The molecule has 3 aromatic carbocycles. The van der Waals surface area contributed by atoms with Gasteiger partial charge in [-0.1, -0.05) is 97.6 Å². The molecule has 5 rings (SSSR count). The molecule has 5 nitrogen and oxygen atoms in total. The fraction of sp³-hybridized carbons (Fsp3) is 0.424. The highest BCUT2D eigenvalue weighted by Crippen LogP contribution is 2.31. The minimum Gasteiger partial charge on any atom is -0.338 e. The molecule has 0 aromatic heterocycles. The standard InChI is InChI=1S/C33H40N2O3S/c1-26(23-27-11-4-2-5-12-27)24-34(33(36)30-14-6-3-7-15-30)25-28-19-21-35(22-20-28)39(37,38)32-18-10-16-29-13-8-9-17-31(29)32/h2,4-5,8-13,16-18,23,28,30H,3,6-7,14-15,19-22,24-25H2,1H3/b26-23+. The predicted molar refractivity (Wildman–Crippen MR) is 159 cm³/mol. The summed E-state index contributed by atoms with van der Waals surface area (Å²) in [4.78, 5) is 16.1. The van der Waals surface area contributed by atoms with Gasteiger partial charge in [-0.3, -0.25) is 4.79 Å². The van der Waals surface area contributed by atoms with E-state index in [1.54, 1.807) is 10.4 Å². The van der Waals surface area contributed by atoms with Crippen LogP contribution in [0.25, 0.3) is 16.8 Å². The molecular weight excluding hydrogens is 504 g/mol. The summed E-state index contributed by atoms with van der Waals surface area (Å²) < 4.78 is 28.9. The highest BCUT2D eigenvalue weighted by molar-refractivity contribution is 7.89. The minimum atomic E-state index is -3.58. The van der Waals surface area contributed by atoms with Gasteiger partial charge in [-0.05, 0) is 55.5 Å². The first-order chi connectivity index (χ1) is 18.9. The van der Waals surface area contributed by atoms with Crippen LogP contribution in [-0.4, -0.2) is 49.7 Å². The summed E-state index contributed by atoms with van der Waals surface area (Å²) in [5.41, 5.74) is 2.31. The Morgan fingerprint density at radius 1 is 0.872 bits per heavy atom. The van der Waals surface area contributed by atoms with Gasteiger partial charge < -0.3 is 4.90 Å². The zero-order chi connectivity index (χ0) is 27.2. The number of amides is 1. The van der Waals surface area contributed by atoms with Crippen molar-refractivity contribution in [1.82, 2.24) is 9.21 Å². The molecule has 206 valence electrons. The quantitative estimate of drug-likeness (QED) is 0.315. The number of benzene rings is 3. The van der Waals surface area contributed by atoms with Crippen molar-refractivity contribution in [3.05, 3.63) is 83.9 Å². The van der Waals surface area contributed by atoms with Crippen LogP contribution in [0.3, 0.4) is 0 Å². The smallest absolute Gasteiger partial charge is 0.243 e. The van der Waals surface area contributed by atoms with Gasteiger partial charge in [-0.2, -0.15) is 4.31 Å². The highest BCUT2D eigenvalue weighted by atomic mass is 32.2. The fourth-order valence-electron chi connectivity index (χ4n) is 6.22. The summed E-state index contributed by atoms with van der Waals surface area (Å²) in [6, 6.07) is 23.4. The van der Waals surface area contributed by atoms with Crippen molar-refractivity contribution in [3.63, 3.8) is 0 Å².